The molecular formula is C19H19NO4. The highest BCUT2D eigenvalue weighted by Gasteiger charge is 2.06. The molecule has 0 N–H and O–H groups in total. The maximum atomic E-state index is 12.1. The molecule has 0 heterocycles. The van der Waals surface area contributed by atoms with Gasteiger partial charge >= 0.3 is 6.09 Å². The first-order valence-corrected chi connectivity index (χ1v) is 7.35. The number of rotatable bonds is 5. The van der Waals surface area contributed by atoms with Gasteiger partial charge < -0.3 is 14.4 Å². The zero-order chi connectivity index (χ0) is 17.5. The molecule has 0 unspecified atom stereocenters. The van der Waals surface area contributed by atoms with Crippen molar-refractivity contribution in [2.45, 2.75) is 0 Å². The van der Waals surface area contributed by atoms with Gasteiger partial charge in [0.1, 0.15) is 11.5 Å². The number of nitrogens with zero attached hydrogens (tertiary/aromatic N) is 1. The van der Waals surface area contributed by atoms with Gasteiger partial charge in [0.15, 0.2) is 5.78 Å². The molecule has 0 saturated heterocycles. The molecule has 5 nitrogen and oxygen atoms in total. The average Bonchev–Trinajstić information content (AvgIpc) is 2.60. The van der Waals surface area contributed by atoms with E-state index in [1.165, 1.54) is 11.0 Å². The van der Waals surface area contributed by atoms with E-state index in [0.717, 1.165) is 5.56 Å². The largest absolute Gasteiger partial charge is 0.497 e. The second-order valence-electron chi connectivity index (χ2n) is 5.26. The molecule has 0 atom stereocenters. The van der Waals surface area contributed by atoms with Gasteiger partial charge in [-0.2, -0.15) is 0 Å². The molecule has 0 bridgehead atoms. The van der Waals surface area contributed by atoms with E-state index < -0.39 is 6.09 Å². The van der Waals surface area contributed by atoms with Crippen molar-refractivity contribution in [1.82, 2.24) is 4.90 Å². The van der Waals surface area contributed by atoms with Gasteiger partial charge in [-0.15, -0.1) is 0 Å². The Morgan fingerprint density at radius 3 is 2.04 bits per heavy atom. The van der Waals surface area contributed by atoms with Crippen molar-refractivity contribution in [2.24, 2.45) is 0 Å². The topological polar surface area (TPSA) is 55.8 Å². The van der Waals surface area contributed by atoms with Gasteiger partial charge in [-0.3, -0.25) is 4.79 Å². The Kier molecular flexibility index (Phi) is 5.73. The van der Waals surface area contributed by atoms with Gasteiger partial charge in [-0.1, -0.05) is 18.2 Å². The van der Waals surface area contributed by atoms with Crippen molar-refractivity contribution in [1.29, 1.82) is 0 Å². The minimum absolute atomic E-state index is 0.0965. The van der Waals surface area contributed by atoms with Gasteiger partial charge in [-0.25, -0.2) is 4.79 Å². The minimum Gasteiger partial charge on any atom is -0.497 e. The van der Waals surface area contributed by atoms with Gasteiger partial charge in [-0.05, 0) is 48.0 Å². The second-order valence-corrected chi connectivity index (χ2v) is 5.26. The van der Waals surface area contributed by atoms with Crippen molar-refractivity contribution in [2.75, 3.05) is 21.2 Å². The predicted octanol–water partition coefficient (Wildman–Crippen LogP) is 3.65. The number of methoxy groups -OCH3 is 1. The lowest BCUT2D eigenvalue weighted by Crippen LogP contribution is -2.25. The van der Waals surface area contributed by atoms with Gasteiger partial charge in [0, 0.05) is 19.7 Å². The SMILES string of the molecule is COc1ccc(C(=O)C=Cc2ccc(OC(=O)N(C)C)cc2)cc1. The lowest BCUT2D eigenvalue weighted by molar-refractivity contribution is 0.104. The molecule has 24 heavy (non-hydrogen) atoms. The predicted molar refractivity (Wildman–Crippen MR) is 92.5 cm³/mol. The summed E-state index contributed by atoms with van der Waals surface area (Å²) in [5.41, 5.74) is 1.42. The van der Waals surface area contributed by atoms with E-state index in [1.807, 2.05) is 0 Å². The molecule has 0 saturated carbocycles. The number of ether oxygens (including phenoxy) is 2. The average molecular weight is 325 g/mol. The molecule has 0 radical (unpaired) electrons. The summed E-state index contributed by atoms with van der Waals surface area (Å²) in [6, 6.07) is 13.8. The lowest BCUT2D eigenvalue weighted by Gasteiger charge is -2.10. The van der Waals surface area contributed by atoms with Crippen LogP contribution in [-0.4, -0.2) is 38.0 Å². The van der Waals surface area contributed by atoms with E-state index in [-0.39, 0.29) is 5.78 Å². The number of ketones is 1. The van der Waals surface area contributed by atoms with Crippen LogP contribution in [0.4, 0.5) is 4.79 Å². The van der Waals surface area contributed by atoms with Crippen molar-refractivity contribution >= 4 is 18.0 Å². The normalized spacial score (nSPS) is 10.5. The summed E-state index contributed by atoms with van der Waals surface area (Å²) in [6.45, 7) is 0. The van der Waals surface area contributed by atoms with E-state index in [9.17, 15) is 9.59 Å². The summed E-state index contributed by atoms with van der Waals surface area (Å²) >= 11 is 0. The summed E-state index contributed by atoms with van der Waals surface area (Å²) in [6.07, 6.45) is 2.78. The molecule has 0 aliphatic carbocycles. The van der Waals surface area contributed by atoms with Crippen LogP contribution in [0.25, 0.3) is 6.08 Å². The van der Waals surface area contributed by atoms with Crippen molar-refractivity contribution in [3.8, 4) is 11.5 Å². The number of allylic oxidation sites excluding steroid dienone is 1. The first-order valence-electron chi connectivity index (χ1n) is 7.35. The van der Waals surface area contributed by atoms with Crippen LogP contribution in [0.2, 0.25) is 0 Å². The molecule has 0 spiro atoms. The molecule has 5 heteroatoms. The quantitative estimate of drug-likeness (QED) is 0.622. The number of carbonyl (C=O) groups excluding carboxylic acids is 2. The maximum Gasteiger partial charge on any atom is 0.414 e. The third-order valence-electron chi connectivity index (χ3n) is 3.25. The Balaban J connectivity index is 2.00. The Morgan fingerprint density at radius 1 is 0.917 bits per heavy atom. The maximum absolute atomic E-state index is 12.1. The number of hydrogen-bond donors (Lipinski definition) is 0. The molecule has 0 aromatic heterocycles. The van der Waals surface area contributed by atoms with E-state index in [4.69, 9.17) is 9.47 Å². The molecule has 0 fully saturated rings. The first-order chi connectivity index (χ1) is 11.5. The van der Waals surface area contributed by atoms with E-state index in [0.29, 0.717) is 17.1 Å². The van der Waals surface area contributed by atoms with Crippen LogP contribution in [0.15, 0.2) is 54.6 Å². The van der Waals surface area contributed by atoms with Crippen molar-refractivity contribution < 1.29 is 19.1 Å². The second kappa shape index (κ2) is 7.97. The third kappa shape index (κ3) is 4.71. The Morgan fingerprint density at radius 2 is 1.50 bits per heavy atom. The van der Waals surface area contributed by atoms with E-state index in [2.05, 4.69) is 0 Å². The third-order valence-corrected chi connectivity index (χ3v) is 3.25. The summed E-state index contributed by atoms with van der Waals surface area (Å²) in [4.78, 5) is 24.9. The highest BCUT2D eigenvalue weighted by molar-refractivity contribution is 6.06. The Labute approximate surface area is 141 Å². The fraction of sp³-hybridized carbons (Fsp3) is 0.158. The molecule has 2 aromatic carbocycles. The molecule has 0 aliphatic heterocycles. The smallest absolute Gasteiger partial charge is 0.414 e. The minimum atomic E-state index is -0.437. The lowest BCUT2D eigenvalue weighted by atomic mass is 10.1. The van der Waals surface area contributed by atoms with Crippen LogP contribution >= 0.6 is 0 Å². The highest BCUT2D eigenvalue weighted by atomic mass is 16.6. The molecule has 1 amide bonds. The molecule has 124 valence electrons. The fourth-order valence-corrected chi connectivity index (χ4v) is 1.86. The highest BCUT2D eigenvalue weighted by Crippen LogP contribution is 2.15. The summed E-state index contributed by atoms with van der Waals surface area (Å²) in [7, 11) is 4.81. The summed E-state index contributed by atoms with van der Waals surface area (Å²) in [5.74, 6) is 1.06. The van der Waals surface area contributed by atoms with E-state index in [1.54, 1.807) is 75.8 Å². The Hall–Kier alpha value is -3.08. The standard InChI is InChI=1S/C19H19NO4/c1-20(2)19(22)24-17-9-4-14(5-10-17)6-13-18(21)15-7-11-16(23-3)12-8-15/h4-13H,1-3H3. The molecular weight excluding hydrogens is 306 g/mol. The van der Waals surface area contributed by atoms with Crippen LogP contribution < -0.4 is 9.47 Å². The molecule has 0 aliphatic rings. The van der Waals surface area contributed by atoms with Crippen LogP contribution in [0.3, 0.4) is 0 Å². The van der Waals surface area contributed by atoms with Crippen LogP contribution in [0.1, 0.15) is 15.9 Å². The molecule has 2 aromatic rings. The summed E-state index contributed by atoms with van der Waals surface area (Å²) in [5, 5.41) is 0. The zero-order valence-electron chi connectivity index (χ0n) is 13.9. The van der Waals surface area contributed by atoms with Gasteiger partial charge in [0.25, 0.3) is 0 Å². The Bertz CT molecular complexity index is 731. The van der Waals surface area contributed by atoms with Crippen LogP contribution in [-0.2, 0) is 0 Å². The van der Waals surface area contributed by atoms with Gasteiger partial charge in [0.2, 0.25) is 0 Å². The van der Waals surface area contributed by atoms with Crippen LogP contribution in [0, 0.1) is 0 Å². The monoisotopic (exact) mass is 325 g/mol. The summed E-state index contributed by atoms with van der Waals surface area (Å²) < 4.78 is 10.2. The van der Waals surface area contributed by atoms with Crippen LogP contribution in [0.5, 0.6) is 11.5 Å². The number of carbonyl (C=O) groups is 2. The van der Waals surface area contributed by atoms with E-state index >= 15 is 0 Å². The van der Waals surface area contributed by atoms with Crippen molar-refractivity contribution in [3.63, 3.8) is 0 Å². The molecule has 2 rings (SSSR count). The van der Waals surface area contributed by atoms with Crippen molar-refractivity contribution in [3.05, 3.63) is 65.7 Å². The number of amides is 1. The first kappa shape index (κ1) is 17.3. The zero-order valence-corrected chi connectivity index (χ0v) is 13.9. The van der Waals surface area contributed by atoms with Gasteiger partial charge in [0.05, 0.1) is 7.11 Å². The fourth-order valence-electron chi connectivity index (χ4n) is 1.86. The number of benzene rings is 2. The number of hydrogen-bond acceptors (Lipinski definition) is 4.